The fraction of sp³-hybridized carbons (Fsp3) is 0.143. The Bertz CT molecular complexity index is 485. The van der Waals surface area contributed by atoms with Gasteiger partial charge in [-0.05, 0) is 23.3 Å². The molecule has 0 radical (unpaired) electrons. The average Bonchev–Trinajstić information content (AvgIpc) is 2.38. The molecule has 0 amide bonds. The van der Waals surface area contributed by atoms with E-state index in [1.54, 1.807) is 0 Å². The molecule has 0 fully saturated rings. The topological polar surface area (TPSA) is 35.2 Å². The van der Waals surface area contributed by atoms with Crippen molar-refractivity contribution in [3.05, 3.63) is 53.6 Å². The van der Waals surface area contributed by atoms with E-state index in [2.05, 4.69) is 0 Å². The normalized spacial score (nSPS) is 10.2. The average molecular weight is 248 g/mol. The van der Waals surface area contributed by atoms with Gasteiger partial charge in [0.05, 0.1) is 5.02 Å². The van der Waals surface area contributed by atoms with E-state index in [9.17, 15) is 0 Å². The first kappa shape index (κ1) is 12.0. The molecule has 0 atom stereocenters. The Labute approximate surface area is 106 Å². The summed E-state index contributed by atoms with van der Waals surface area (Å²) in [6, 6.07) is 15.9. The number of halogens is 1. The molecule has 0 saturated carbocycles. The Kier molecular flexibility index (Phi) is 4.02. The summed E-state index contributed by atoms with van der Waals surface area (Å²) in [6.45, 7) is 0.959. The molecule has 2 aromatic rings. The quantitative estimate of drug-likeness (QED) is 0.899. The molecule has 0 aliphatic carbocycles. The molecular weight excluding hydrogens is 234 g/mol. The van der Waals surface area contributed by atoms with E-state index in [1.165, 1.54) is 0 Å². The number of nitrogens with two attached hydrogens (primary N) is 1. The van der Waals surface area contributed by atoms with Gasteiger partial charge >= 0.3 is 0 Å². The van der Waals surface area contributed by atoms with Crippen molar-refractivity contribution in [3.63, 3.8) is 0 Å². The lowest BCUT2D eigenvalue weighted by atomic mass is 10.1. The van der Waals surface area contributed by atoms with Crippen molar-refractivity contribution in [3.8, 4) is 16.9 Å². The lowest BCUT2D eigenvalue weighted by molar-refractivity contribution is 0.328. The largest absolute Gasteiger partial charge is 0.491 e. The first-order valence-corrected chi connectivity index (χ1v) is 5.87. The summed E-state index contributed by atoms with van der Waals surface area (Å²) in [5.41, 5.74) is 7.60. The third kappa shape index (κ3) is 2.99. The first-order chi connectivity index (χ1) is 8.31. The monoisotopic (exact) mass is 247 g/mol. The van der Waals surface area contributed by atoms with Gasteiger partial charge in [-0.3, -0.25) is 0 Å². The van der Waals surface area contributed by atoms with Gasteiger partial charge < -0.3 is 10.5 Å². The molecule has 2 nitrogen and oxygen atoms in total. The number of benzene rings is 2. The molecule has 0 aliphatic heterocycles. The molecule has 0 unspecified atom stereocenters. The Morgan fingerprint density at radius 1 is 1.00 bits per heavy atom. The van der Waals surface area contributed by atoms with Crippen LogP contribution in [0.4, 0.5) is 0 Å². The molecule has 0 saturated heterocycles. The highest BCUT2D eigenvalue weighted by molar-refractivity contribution is 6.32. The van der Waals surface area contributed by atoms with Crippen LogP contribution in [0, 0.1) is 0 Å². The molecule has 2 N–H and O–H groups in total. The molecule has 2 aromatic carbocycles. The highest BCUT2D eigenvalue weighted by Crippen LogP contribution is 2.30. The van der Waals surface area contributed by atoms with E-state index < -0.39 is 0 Å². The van der Waals surface area contributed by atoms with Crippen molar-refractivity contribution in [2.75, 3.05) is 13.2 Å². The molecule has 0 aliphatic rings. The second-order valence-electron chi connectivity index (χ2n) is 3.65. The summed E-state index contributed by atoms with van der Waals surface area (Å²) >= 11 is 6.15. The standard InChI is InChI=1S/C14H14ClNO/c15-13-10-12(11-4-2-1-3-5-11)6-7-14(13)17-9-8-16/h1-7,10H,8-9,16H2. The smallest absolute Gasteiger partial charge is 0.137 e. The van der Waals surface area contributed by atoms with Crippen LogP contribution in [0.15, 0.2) is 48.5 Å². The van der Waals surface area contributed by atoms with Crippen LogP contribution in [0.3, 0.4) is 0 Å². The van der Waals surface area contributed by atoms with Gasteiger partial charge in [0.15, 0.2) is 0 Å². The predicted octanol–water partition coefficient (Wildman–Crippen LogP) is 3.34. The Morgan fingerprint density at radius 2 is 1.76 bits per heavy atom. The second kappa shape index (κ2) is 5.71. The third-order valence-electron chi connectivity index (χ3n) is 2.41. The van der Waals surface area contributed by atoms with Gasteiger partial charge in [-0.2, -0.15) is 0 Å². The van der Waals surface area contributed by atoms with Crippen LogP contribution in [-0.2, 0) is 0 Å². The number of ether oxygens (including phenoxy) is 1. The summed E-state index contributed by atoms with van der Waals surface area (Å²) in [5, 5.41) is 0.611. The first-order valence-electron chi connectivity index (χ1n) is 5.49. The lowest BCUT2D eigenvalue weighted by Gasteiger charge is -2.08. The zero-order valence-corrected chi connectivity index (χ0v) is 10.2. The summed E-state index contributed by atoms with van der Waals surface area (Å²) < 4.78 is 5.42. The van der Waals surface area contributed by atoms with Crippen molar-refractivity contribution in [1.82, 2.24) is 0 Å². The molecule has 0 heterocycles. The summed E-state index contributed by atoms with van der Waals surface area (Å²) in [4.78, 5) is 0. The van der Waals surface area contributed by atoms with E-state index in [0.717, 1.165) is 11.1 Å². The molecule has 2 rings (SSSR count). The number of rotatable bonds is 4. The molecule has 0 spiro atoms. The van der Waals surface area contributed by atoms with Crippen LogP contribution < -0.4 is 10.5 Å². The molecular formula is C14H14ClNO. The van der Waals surface area contributed by atoms with Crippen LogP contribution in [-0.4, -0.2) is 13.2 Å². The Morgan fingerprint density at radius 3 is 2.41 bits per heavy atom. The molecule has 0 aromatic heterocycles. The van der Waals surface area contributed by atoms with Crippen molar-refractivity contribution >= 4 is 11.6 Å². The minimum atomic E-state index is 0.477. The molecule has 17 heavy (non-hydrogen) atoms. The van der Waals surface area contributed by atoms with E-state index in [-0.39, 0.29) is 0 Å². The highest BCUT2D eigenvalue weighted by Gasteiger charge is 2.04. The van der Waals surface area contributed by atoms with E-state index in [1.807, 2.05) is 48.5 Å². The summed E-state index contributed by atoms with van der Waals surface area (Å²) in [5.74, 6) is 0.678. The molecule has 3 heteroatoms. The maximum absolute atomic E-state index is 6.15. The van der Waals surface area contributed by atoms with Crippen LogP contribution in [0.25, 0.3) is 11.1 Å². The van der Waals surface area contributed by atoms with Gasteiger partial charge in [-0.15, -0.1) is 0 Å². The highest BCUT2D eigenvalue weighted by atomic mass is 35.5. The zero-order valence-electron chi connectivity index (χ0n) is 9.40. The van der Waals surface area contributed by atoms with Gasteiger partial charge in [0.25, 0.3) is 0 Å². The molecule has 0 bridgehead atoms. The van der Waals surface area contributed by atoms with Crippen molar-refractivity contribution in [2.45, 2.75) is 0 Å². The minimum Gasteiger partial charge on any atom is -0.491 e. The van der Waals surface area contributed by atoms with Gasteiger partial charge in [0.2, 0.25) is 0 Å². The van der Waals surface area contributed by atoms with Crippen LogP contribution in [0.2, 0.25) is 5.02 Å². The maximum atomic E-state index is 6.15. The SMILES string of the molecule is NCCOc1ccc(-c2ccccc2)cc1Cl. The fourth-order valence-corrected chi connectivity index (χ4v) is 1.83. The van der Waals surface area contributed by atoms with Crippen molar-refractivity contribution in [2.24, 2.45) is 5.73 Å². The zero-order chi connectivity index (χ0) is 12.1. The van der Waals surface area contributed by atoms with Crippen molar-refractivity contribution in [1.29, 1.82) is 0 Å². The second-order valence-corrected chi connectivity index (χ2v) is 4.06. The number of hydrogen-bond donors (Lipinski definition) is 1. The Balaban J connectivity index is 2.25. The van der Waals surface area contributed by atoms with Gasteiger partial charge in [0.1, 0.15) is 12.4 Å². The number of hydrogen-bond acceptors (Lipinski definition) is 2. The predicted molar refractivity (Wildman–Crippen MR) is 71.4 cm³/mol. The summed E-state index contributed by atoms with van der Waals surface area (Å²) in [7, 11) is 0. The fourth-order valence-electron chi connectivity index (χ4n) is 1.60. The third-order valence-corrected chi connectivity index (χ3v) is 2.71. The summed E-state index contributed by atoms with van der Waals surface area (Å²) in [6.07, 6.45) is 0. The van der Waals surface area contributed by atoms with E-state index in [0.29, 0.717) is 23.9 Å². The molecule has 88 valence electrons. The van der Waals surface area contributed by atoms with Gasteiger partial charge in [-0.25, -0.2) is 0 Å². The van der Waals surface area contributed by atoms with E-state index >= 15 is 0 Å². The lowest BCUT2D eigenvalue weighted by Crippen LogP contribution is -2.10. The Hall–Kier alpha value is -1.51. The van der Waals surface area contributed by atoms with Crippen molar-refractivity contribution < 1.29 is 4.74 Å². The van der Waals surface area contributed by atoms with Gasteiger partial charge in [-0.1, -0.05) is 48.0 Å². The minimum absolute atomic E-state index is 0.477. The van der Waals surface area contributed by atoms with Crippen LogP contribution >= 0.6 is 11.6 Å². The van der Waals surface area contributed by atoms with E-state index in [4.69, 9.17) is 22.1 Å². The maximum Gasteiger partial charge on any atom is 0.137 e. The van der Waals surface area contributed by atoms with Crippen LogP contribution in [0.5, 0.6) is 5.75 Å². The van der Waals surface area contributed by atoms with Gasteiger partial charge in [0, 0.05) is 6.54 Å². The van der Waals surface area contributed by atoms with Crippen LogP contribution in [0.1, 0.15) is 0 Å².